The molecule has 4 rings (SSSR count). The number of hydrogen-bond donors (Lipinski definition) is 7. The largest absolute Gasteiger partial charge is 0.504 e. The maximum Gasteiger partial charge on any atom is 0.348 e. The summed E-state index contributed by atoms with van der Waals surface area (Å²) in [6.07, 6.45) is 3.59. The molecule has 12 heteroatoms. The Balaban J connectivity index is 1.94. The lowest BCUT2D eigenvalue weighted by Gasteiger charge is -2.28. The number of Topliss-reactive ketones (excluding diaryl/α,β-unsaturated/α-hetero) is 2. The van der Waals surface area contributed by atoms with Gasteiger partial charge in [-0.1, -0.05) is 44.1 Å². The first kappa shape index (κ1) is 34.4. The lowest BCUT2D eigenvalue weighted by atomic mass is 9.81. The molecule has 0 saturated carbocycles. The van der Waals surface area contributed by atoms with Crippen LogP contribution in [0, 0.1) is 5.92 Å². The summed E-state index contributed by atoms with van der Waals surface area (Å²) < 4.78 is 5.20. The van der Waals surface area contributed by atoms with Crippen LogP contribution in [0.5, 0.6) is 23.0 Å². The molecule has 0 amide bonds. The summed E-state index contributed by atoms with van der Waals surface area (Å²) in [5, 5.41) is 73.9. The van der Waals surface area contributed by atoms with Crippen molar-refractivity contribution in [3.05, 3.63) is 87.9 Å². The number of phenolic OH excluding ortho intramolecular Hbond substituents is 4. The molecule has 2 aromatic rings. The van der Waals surface area contributed by atoms with Crippen LogP contribution in [0.25, 0.3) is 17.2 Å². The number of carbonyl (C=O) groups excluding carboxylic acids is 4. The van der Waals surface area contributed by atoms with E-state index < -0.39 is 104 Å². The topological polar surface area (TPSA) is 219 Å². The van der Waals surface area contributed by atoms with E-state index in [1.54, 1.807) is 6.92 Å². The van der Waals surface area contributed by atoms with Crippen LogP contribution >= 0.6 is 0 Å². The molecule has 246 valence electrons. The fourth-order valence-electron chi connectivity index (χ4n) is 5.36. The van der Waals surface area contributed by atoms with E-state index in [1.807, 2.05) is 19.9 Å². The molecule has 0 bridgehead atoms. The van der Waals surface area contributed by atoms with Gasteiger partial charge in [-0.25, -0.2) is 4.79 Å². The van der Waals surface area contributed by atoms with Gasteiger partial charge in [0.05, 0.1) is 0 Å². The standard InChI is InChI=1S/C35H34O12/c1-5-16(2)10-17(3)6-8-20(37)13-23-30(35(46,18(4)36)33(44)31(23)42)22-15-27(41)26(40)14-21(22)29-32(43)28(47-34(29)45)12-19-7-9-24(38)25(39)11-19/h6-12,14-16,33,38-41,43-44,46H,5,13H2,1-4H3/b8-6+,17-10+,28-12-/t16-,33-,35+/m0/s1. The number of carbonyl (C=O) groups is 4. The fourth-order valence-corrected chi connectivity index (χ4v) is 5.36. The van der Waals surface area contributed by atoms with E-state index >= 15 is 0 Å². The SMILES string of the molecule is CC[C@H](C)/C=C(C)/C=C/C(=O)CC1=C(c2cc(O)c(O)cc2C2=C(O)/C(=C/c3ccc(O)c(O)c3)OC2=O)[C@](O)(C(C)=O)[C@@H](O)C1=O. The molecule has 0 saturated heterocycles. The zero-order valence-corrected chi connectivity index (χ0v) is 25.9. The average Bonchev–Trinajstić information content (AvgIpc) is 3.39. The lowest BCUT2D eigenvalue weighted by molar-refractivity contribution is -0.145. The molecule has 2 aromatic carbocycles. The van der Waals surface area contributed by atoms with Gasteiger partial charge < -0.3 is 40.5 Å². The molecule has 0 radical (unpaired) electrons. The van der Waals surface area contributed by atoms with E-state index in [4.69, 9.17) is 4.74 Å². The van der Waals surface area contributed by atoms with Gasteiger partial charge in [-0.05, 0) is 67.3 Å². The van der Waals surface area contributed by atoms with Crippen molar-refractivity contribution in [2.24, 2.45) is 5.92 Å². The molecule has 1 aliphatic heterocycles. The summed E-state index contributed by atoms with van der Waals surface area (Å²) in [4.78, 5) is 52.5. The van der Waals surface area contributed by atoms with Crippen molar-refractivity contribution >= 4 is 40.5 Å². The molecule has 3 atom stereocenters. The van der Waals surface area contributed by atoms with Gasteiger partial charge in [-0.3, -0.25) is 14.4 Å². The summed E-state index contributed by atoms with van der Waals surface area (Å²) in [5.74, 6) is -7.68. The minimum Gasteiger partial charge on any atom is -0.504 e. The van der Waals surface area contributed by atoms with Gasteiger partial charge in [0.2, 0.25) is 0 Å². The van der Waals surface area contributed by atoms with Gasteiger partial charge in [-0.15, -0.1) is 0 Å². The highest BCUT2D eigenvalue weighted by molar-refractivity contribution is 6.26. The maximum atomic E-state index is 13.4. The Morgan fingerprint density at radius 2 is 1.55 bits per heavy atom. The lowest BCUT2D eigenvalue weighted by Crippen LogP contribution is -2.48. The quantitative estimate of drug-likeness (QED) is 0.0846. The van der Waals surface area contributed by atoms with Crippen LogP contribution in [-0.4, -0.2) is 70.8 Å². The fraction of sp³-hybridized carbons (Fsp3) is 0.257. The molecular weight excluding hydrogens is 612 g/mol. The number of ether oxygens (including phenoxy) is 1. The Hall–Kier alpha value is -5.46. The van der Waals surface area contributed by atoms with Crippen molar-refractivity contribution in [1.29, 1.82) is 0 Å². The molecule has 2 aliphatic rings. The summed E-state index contributed by atoms with van der Waals surface area (Å²) in [6, 6.07) is 5.22. The van der Waals surface area contributed by atoms with Crippen LogP contribution in [0.4, 0.5) is 0 Å². The maximum absolute atomic E-state index is 13.4. The molecule has 0 aromatic heterocycles. The van der Waals surface area contributed by atoms with Crippen molar-refractivity contribution in [2.45, 2.75) is 52.2 Å². The number of phenols is 4. The molecule has 1 heterocycles. The van der Waals surface area contributed by atoms with Crippen LogP contribution in [-0.2, 0) is 23.9 Å². The Morgan fingerprint density at radius 3 is 2.15 bits per heavy atom. The number of aliphatic hydroxyl groups is 3. The second-order valence-electron chi connectivity index (χ2n) is 11.5. The van der Waals surface area contributed by atoms with Gasteiger partial charge in [0.15, 0.2) is 63.6 Å². The van der Waals surface area contributed by atoms with Crippen molar-refractivity contribution in [1.82, 2.24) is 0 Å². The van der Waals surface area contributed by atoms with Crippen LogP contribution < -0.4 is 0 Å². The predicted molar refractivity (Wildman–Crippen MR) is 169 cm³/mol. The third-order valence-electron chi connectivity index (χ3n) is 8.06. The first-order valence-electron chi connectivity index (χ1n) is 14.6. The van der Waals surface area contributed by atoms with E-state index in [0.29, 0.717) is 0 Å². The van der Waals surface area contributed by atoms with E-state index in [-0.39, 0.29) is 11.5 Å². The number of aliphatic hydroxyl groups excluding tert-OH is 2. The Labute approximate surface area is 269 Å². The number of allylic oxidation sites excluding steroid dienone is 4. The van der Waals surface area contributed by atoms with E-state index in [2.05, 4.69) is 0 Å². The van der Waals surface area contributed by atoms with E-state index in [9.17, 15) is 54.9 Å². The van der Waals surface area contributed by atoms with Crippen molar-refractivity contribution in [3.63, 3.8) is 0 Å². The predicted octanol–water partition coefficient (Wildman–Crippen LogP) is 3.90. The van der Waals surface area contributed by atoms with Crippen molar-refractivity contribution in [3.8, 4) is 23.0 Å². The highest BCUT2D eigenvalue weighted by atomic mass is 16.6. The molecule has 7 N–H and O–H groups in total. The summed E-state index contributed by atoms with van der Waals surface area (Å²) in [7, 11) is 0. The summed E-state index contributed by atoms with van der Waals surface area (Å²) >= 11 is 0. The van der Waals surface area contributed by atoms with Gasteiger partial charge in [0, 0.05) is 23.1 Å². The zero-order chi connectivity index (χ0) is 35.0. The zero-order valence-electron chi connectivity index (χ0n) is 25.9. The average molecular weight is 647 g/mol. The van der Waals surface area contributed by atoms with Crippen LogP contribution in [0.3, 0.4) is 0 Å². The third-order valence-corrected chi connectivity index (χ3v) is 8.06. The Bertz CT molecular complexity index is 1860. The molecule has 47 heavy (non-hydrogen) atoms. The van der Waals surface area contributed by atoms with Gasteiger partial charge in [0.25, 0.3) is 0 Å². The second kappa shape index (κ2) is 13.1. The Kier molecular flexibility index (Phi) is 9.60. The normalized spacial score (nSPS) is 21.7. The third kappa shape index (κ3) is 6.46. The summed E-state index contributed by atoms with van der Waals surface area (Å²) in [5.41, 5.74) is -4.62. The number of aromatic hydroxyl groups is 4. The first-order valence-corrected chi connectivity index (χ1v) is 14.6. The van der Waals surface area contributed by atoms with E-state index in [1.165, 1.54) is 18.2 Å². The van der Waals surface area contributed by atoms with Crippen LogP contribution in [0.1, 0.15) is 57.2 Å². The van der Waals surface area contributed by atoms with Crippen LogP contribution in [0.15, 0.2) is 71.2 Å². The Morgan fingerprint density at radius 1 is 0.936 bits per heavy atom. The van der Waals surface area contributed by atoms with Gasteiger partial charge in [0.1, 0.15) is 5.57 Å². The van der Waals surface area contributed by atoms with Gasteiger partial charge in [-0.2, -0.15) is 0 Å². The van der Waals surface area contributed by atoms with Crippen LogP contribution in [0.2, 0.25) is 0 Å². The number of rotatable bonds is 10. The monoisotopic (exact) mass is 646 g/mol. The molecule has 0 spiro atoms. The smallest absolute Gasteiger partial charge is 0.348 e. The number of hydrogen-bond acceptors (Lipinski definition) is 12. The first-order chi connectivity index (χ1) is 22.0. The van der Waals surface area contributed by atoms with Gasteiger partial charge >= 0.3 is 5.97 Å². The summed E-state index contributed by atoms with van der Waals surface area (Å²) in [6.45, 7) is 6.66. The molecular formula is C35H34O12. The van der Waals surface area contributed by atoms with Crippen molar-refractivity contribution < 1.29 is 59.7 Å². The minimum absolute atomic E-state index is 0.186. The second-order valence-corrected chi connectivity index (χ2v) is 11.5. The molecule has 0 fully saturated rings. The number of benzene rings is 2. The molecule has 12 nitrogen and oxygen atoms in total. The molecule has 0 unspecified atom stereocenters. The van der Waals surface area contributed by atoms with Crippen molar-refractivity contribution in [2.75, 3.05) is 0 Å². The number of cyclic esters (lactones) is 1. The molecule has 1 aliphatic carbocycles. The highest BCUT2D eigenvalue weighted by Crippen LogP contribution is 2.48. The highest BCUT2D eigenvalue weighted by Gasteiger charge is 2.56. The number of esters is 1. The number of ketones is 3. The van der Waals surface area contributed by atoms with E-state index in [0.717, 1.165) is 49.3 Å². The minimum atomic E-state index is -2.96.